The largest absolute Gasteiger partial charge is 0.481 e. The second kappa shape index (κ2) is 7.73. The number of amides is 2. The summed E-state index contributed by atoms with van der Waals surface area (Å²) in [5.41, 5.74) is 0. The fraction of sp³-hybridized carbons (Fsp3) is 0.750. The van der Waals surface area contributed by atoms with Gasteiger partial charge < -0.3 is 15.3 Å². The minimum atomic E-state index is -1.11. The van der Waals surface area contributed by atoms with E-state index in [1.165, 1.54) is 4.90 Å². The highest BCUT2D eigenvalue weighted by Gasteiger charge is 2.23. The lowest BCUT2D eigenvalue weighted by Gasteiger charge is -2.34. The third-order valence-electron chi connectivity index (χ3n) is 2.97. The van der Waals surface area contributed by atoms with Gasteiger partial charge in [-0.15, -0.1) is 0 Å². The Balaban J connectivity index is 2.27. The van der Waals surface area contributed by atoms with Crippen molar-refractivity contribution in [2.24, 2.45) is 0 Å². The standard InChI is InChI=1S/C12H21N3O4/c1-2-3-13-10(16)9-14-4-6-15(7-5-14)11(17)8-12(18)19/h2-9H2,1H3,(H,13,16)(H,18,19). The molecule has 1 aliphatic heterocycles. The van der Waals surface area contributed by atoms with Crippen molar-refractivity contribution in [3.8, 4) is 0 Å². The van der Waals surface area contributed by atoms with Gasteiger partial charge in [0.15, 0.2) is 0 Å². The van der Waals surface area contributed by atoms with Gasteiger partial charge >= 0.3 is 5.97 Å². The molecule has 0 radical (unpaired) electrons. The molecule has 0 aromatic heterocycles. The average molecular weight is 271 g/mol. The van der Waals surface area contributed by atoms with Gasteiger partial charge in [0.25, 0.3) is 0 Å². The minimum Gasteiger partial charge on any atom is -0.481 e. The predicted octanol–water partition coefficient (Wildman–Crippen LogP) is -0.868. The Morgan fingerprint density at radius 3 is 2.32 bits per heavy atom. The number of hydrogen-bond acceptors (Lipinski definition) is 4. The number of carbonyl (C=O) groups excluding carboxylic acids is 2. The van der Waals surface area contributed by atoms with Crippen molar-refractivity contribution < 1.29 is 19.5 Å². The molecule has 1 aliphatic rings. The summed E-state index contributed by atoms with van der Waals surface area (Å²) in [6, 6.07) is 0. The first-order valence-corrected chi connectivity index (χ1v) is 6.51. The molecule has 7 heteroatoms. The Morgan fingerprint density at radius 2 is 1.79 bits per heavy atom. The zero-order chi connectivity index (χ0) is 14.3. The van der Waals surface area contributed by atoms with Crippen LogP contribution in [0.15, 0.2) is 0 Å². The molecule has 1 rings (SSSR count). The average Bonchev–Trinajstić information content (AvgIpc) is 2.36. The van der Waals surface area contributed by atoms with Gasteiger partial charge in [-0.1, -0.05) is 6.92 Å². The van der Waals surface area contributed by atoms with Crippen LogP contribution in [0.1, 0.15) is 19.8 Å². The molecule has 7 nitrogen and oxygen atoms in total. The SMILES string of the molecule is CCCNC(=O)CN1CCN(C(=O)CC(=O)O)CC1. The summed E-state index contributed by atoms with van der Waals surface area (Å²) in [6.07, 6.45) is 0.445. The van der Waals surface area contributed by atoms with E-state index in [-0.39, 0.29) is 11.8 Å². The van der Waals surface area contributed by atoms with Crippen LogP contribution in [0, 0.1) is 0 Å². The highest BCUT2D eigenvalue weighted by molar-refractivity contribution is 5.93. The number of piperazine rings is 1. The molecule has 2 amide bonds. The van der Waals surface area contributed by atoms with Crippen LogP contribution in [0.4, 0.5) is 0 Å². The van der Waals surface area contributed by atoms with Crippen molar-refractivity contribution in [2.45, 2.75) is 19.8 Å². The van der Waals surface area contributed by atoms with Gasteiger partial charge in [-0.25, -0.2) is 0 Å². The molecule has 2 N–H and O–H groups in total. The molecule has 0 spiro atoms. The van der Waals surface area contributed by atoms with Crippen LogP contribution in [-0.4, -0.2) is 72.0 Å². The second-order valence-electron chi connectivity index (χ2n) is 4.58. The smallest absolute Gasteiger partial charge is 0.312 e. The van der Waals surface area contributed by atoms with Gasteiger partial charge in [-0.3, -0.25) is 19.3 Å². The maximum absolute atomic E-state index is 11.5. The van der Waals surface area contributed by atoms with Crippen molar-refractivity contribution in [1.29, 1.82) is 0 Å². The second-order valence-corrected chi connectivity index (χ2v) is 4.58. The number of rotatable bonds is 6. The van der Waals surface area contributed by atoms with Crippen LogP contribution >= 0.6 is 0 Å². The quantitative estimate of drug-likeness (QED) is 0.613. The number of carboxylic acids is 1. The number of nitrogens with zero attached hydrogens (tertiary/aromatic N) is 2. The van der Waals surface area contributed by atoms with Crippen molar-refractivity contribution in [3.05, 3.63) is 0 Å². The molecule has 19 heavy (non-hydrogen) atoms. The first kappa shape index (κ1) is 15.4. The molecule has 1 heterocycles. The van der Waals surface area contributed by atoms with Crippen LogP contribution in [0.2, 0.25) is 0 Å². The third-order valence-corrected chi connectivity index (χ3v) is 2.97. The monoisotopic (exact) mass is 271 g/mol. The molecule has 1 saturated heterocycles. The first-order valence-electron chi connectivity index (χ1n) is 6.51. The van der Waals surface area contributed by atoms with Crippen LogP contribution in [0.5, 0.6) is 0 Å². The Hall–Kier alpha value is -1.63. The molecule has 0 saturated carbocycles. The van der Waals surface area contributed by atoms with E-state index in [4.69, 9.17) is 5.11 Å². The topological polar surface area (TPSA) is 90.0 Å². The van der Waals surface area contributed by atoms with Crippen LogP contribution in [0.25, 0.3) is 0 Å². The van der Waals surface area contributed by atoms with E-state index < -0.39 is 12.4 Å². The van der Waals surface area contributed by atoms with E-state index in [0.29, 0.717) is 39.3 Å². The molecule has 0 bridgehead atoms. The number of aliphatic carboxylic acids is 1. The Morgan fingerprint density at radius 1 is 1.16 bits per heavy atom. The van der Waals surface area contributed by atoms with E-state index in [9.17, 15) is 14.4 Å². The summed E-state index contributed by atoms with van der Waals surface area (Å²) in [5.74, 6) is -1.47. The molecule has 1 fully saturated rings. The summed E-state index contributed by atoms with van der Waals surface area (Å²) in [4.78, 5) is 37.0. The number of carboxylic acid groups (broad SMARTS) is 1. The summed E-state index contributed by atoms with van der Waals surface area (Å²) >= 11 is 0. The summed E-state index contributed by atoms with van der Waals surface area (Å²) < 4.78 is 0. The Kier molecular flexibility index (Phi) is 6.27. The summed E-state index contributed by atoms with van der Waals surface area (Å²) in [7, 11) is 0. The van der Waals surface area contributed by atoms with E-state index in [0.717, 1.165) is 6.42 Å². The Labute approximate surface area is 112 Å². The van der Waals surface area contributed by atoms with E-state index in [1.54, 1.807) is 0 Å². The fourth-order valence-corrected chi connectivity index (χ4v) is 1.92. The van der Waals surface area contributed by atoms with Gasteiger partial charge in [0, 0.05) is 32.7 Å². The van der Waals surface area contributed by atoms with E-state index >= 15 is 0 Å². The van der Waals surface area contributed by atoms with Gasteiger partial charge in [-0.05, 0) is 6.42 Å². The van der Waals surface area contributed by atoms with Gasteiger partial charge in [-0.2, -0.15) is 0 Å². The molecule has 0 aromatic rings. The fourth-order valence-electron chi connectivity index (χ4n) is 1.92. The van der Waals surface area contributed by atoms with E-state index in [2.05, 4.69) is 5.32 Å². The first-order chi connectivity index (χ1) is 9.02. The van der Waals surface area contributed by atoms with Crippen LogP contribution < -0.4 is 5.32 Å². The number of nitrogens with one attached hydrogen (secondary N) is 1. The molecular weight excluding hydrogens is 250 g/mol. The molecular formula is C12H21N3O4. The summed E-state index contributed by atoms with van der Waals surface area (Å²) in [6.45, 7) is 5.17. The number of carbonyl (C=O) groups is 3. The van der Waals surface area contributed by atoms with Crippen LogP contribution in [-0.2, 0) is 14.4 Å². The predicted molar refractivity (Wildman–Crippen MR) is 68.6 cm³/mol. The lowest BCUT2D eigenvalue weighted by atomic mass is 10.2. The minimum absolute atomic E-state index is 0.00726. The highest BCUT2D eigenvalue weighted by atomic mass is 16.4. The lowest BCUT2D eigenvalue weighted by Crippen LogP contribution is -2.51. The maximum Gasteiger partial charge on any atom is 0.312 e. The van der Waals surface area contributed by atoms with Crippen molar-refractivity contribution in [3.63, 3.8) is 0 Å². The van der Waals surface area contributed by atoms with Gasteiger partial charge in [0.1, 0.15) is 6.42 Å². The van der Waals surface area contributed by atoms with Crippen molar-refractivity contribution in [1.82, 2.24) is 15.1 Å². The maximum atomic E-state index is 11.5. The van der Waals surface area contributed by atoms with Gasteiger partial charge in [0.2, 0.25) is 11.8 Å². The summed E-state index contributed by atoms with van der Waals surface area (Å²) in [5, 5.41) is 11.4. The van der Waals surface area contributed by atoms with Crippen LogP contribution in [0.3, 0.4) is 0 Å². The van der Waals surface area contributed by atoms with Crippen molar-refractivity contribution >= 4 is 17.8 Å². The molecule has 0 aromatic carbocycles. The third kappa shape index (κ3) is 5.69. The normalized spacial score (nSPS) is 16.2. The molecule has 108 valence electrons. The highest BCUT2D eigenvalue weighted by Crippen LogP contribution is 2.03. The molecule has 0 aliphatic carbocycles. The lowest BCUT2D eigenvalue weighted by molar-refractivity contribution is -0.144. The molecule has 0 unspecified atom stereocenters. The molecule has 0 atom stereocenters. The zero-order valence-electron chi connectivity index (χ0n) is 11.2. The van der Waals surface area contributed by atoms with Crippen molar-refractivity contribution in [2.75, 3.05) is 39.3 Å². The Bertz CT molecular complexity index is 338. The zero-order valence-corrected chi connectivity index (χ0v) is 11.2. The number of hydrogen-bond donors (Lipinski definition) is 2. The van der Waals surface area contributed by atoms with Gasteiger partial charge in [0.05, 0.1) is 6.54 Å². The van der Waals surface area contributed by atoms with E-state index in [1.807, 2.05) is 11.8 Å².